The molecule has 0 aliphatic carbocycles. The number of rotatable bonds is 1. The molecule has 4 nitrogen and oxygen atoms in total. The zero-order valence-corrected chi connectivity index (χ0v) is 7.47. The van der Waals surface area contributed by atoms with Crippen molar-refractivity contribution >= 4 is 28.6 Å². The number of carboxylic acids is 1. The molecule has 0 saturated carbocycles. The Kier molecular flexibility index (Phi) is 1.89. The molecule has 0 aliphatic rings. The largest absolute Gasteiger partial charge is 0.478 e. The van der Waals surface area contributed by atoms with Crippen molar-refractivity contribution in [2.75, 3.05) is 0 Å². The molecule has 0 spiro atoms. The average molecular weight is 215 g/mol. The van der Waals surface area contributed by atoms with Gasteiger partial charge in [-0.3, -0.25) is 0 Å². The Balaban J connectivity index is 2.76. The maximum absolute atomic E-state index is 13.1. The molecule has 0 atom stereocenters. The summed E-state index contributed by atoms with van der Waals surface area (Å²) in [5, 5.41) is 8.72. The van der Waals surface area contributed by atoms with Crippen LogP contribution in [0.25, 0.3) is 11.0 Å². The van der Waals surface area contributed by atoms with E-state index in [9.17, 15) is 9.18 Å². The average Bonchev–Trinajstić information content (AvgIpc) is 2.42. The van der Waals surface area contributed by atoms with Gasteiger partial charge in [-0.2, -0.15) is 0 Å². The summed E-state index contributed by atoms with van der Waals surface area (Å²) in [7, 11) is 0. The third-order valence-corrected chi connectivity index (χ3v) is 1.95. The lowest BCUT2D eigenvalue weighted by molar-refractivity contribution is 0.0692. The monoisotopic (exact) mass is 214 g/mol. The summed E-state index contributed by atoms with van der Waals surface area (Å²) >= 11 is 5.53. The van der Waals surface area contributed by atoms with Crippen molar-refractivity contribution in [1.29, 1.82) is 0 Å². The summed E-state index contributed by atoms with van der Waals surface area (Å²) in [6.45, 7) is 0. The van der Waals surface area contributed by atoms with E-state index < -0.39 is 17.3 Å². The third kappa shape index (κ3) is 1.31. The van der Waals surface area contributed by atoms with Gasteiger partial charge in [0.1, 0.15) is 5.82 Å². The Hall–Kier alpha value is -1.62. The van der Waals surface area contributed by atoms with Crippen molar-refractivity contribution in [3.05, 3.63) is 28.8 Å². The van der Waals surface area contributed by atoms with Crippen LogP contribution in [0.5, 0.6) is 0 Å². The van der Waals surface area contributed by atoms with Crippen molar-refractivity contribution in [1.82, 2.24) is 9.97 Å². The van der Waals surface area contributed by atoms with Gasteiger partial charge in [0.15, 0.2) is 0 Å². The number of nitrogens with one attached hydrogen (secondary N) is 1. The van der Waals surface area contributed by atoms with Crippen molar-refractivity contribution < 1.29 is 14.3 Å². The highest BCUT2D eigenvalue weighted by Gasteiger charge is 2.13. The van der Waals surface area contributed by atoms with E-state index in [0.717, 1.165) is 12.1 Å². The lowest BCUT2D eigenvalue weighted by atomic mass is 10.2. The van der Waals surface area contributed by atoms with Crippen LogP contribution in [-0.2, 0) is 0 Å². The van der Waals surface area contributed by atoms with Gasteiger partial charge >= 0.3 is 5.97 Å². The quantitative estimate of drug-likeness (QED) is 0.764. The Morgan fingerprint density at radius 2 is 2.29 bits per heavy atom. The van der Waals surface area contributed by atoms with E-state index in [1.807, 2.05) is 0 Å². The van der Waals surface area contributed by atoms with Gasteiger partial charge < -0.3 is 10.1 Å². The summed E-state index contributed by atoms with van der Waals surface area (Å²) in [6.07, 6.45) is 0. The molecule has 14 heavy (non-hydrogen) atoms. The van der Waals surface area contributed by atoms with Gasteiger partial charge in [0.2, 0.25) is 5.28 Å². The standard InChI is InChI=1S/C8H4ClFN2O2/c9-8-11-5-1-3(7(13)14)4(10)2-6(5)12-8/h1-2H,(H,11,12)(H,13,14). The summed E-state index contributed by atoms with van der Waals surface area (Å²) in [5.74, 6) is -2.14. The molecule has 72 valence electrons. The molecule has 2 N–H and O–H groups in total. The normalized spacial score (nSPS) is 10.7. The van der Waals surface area contributed by atoms with Crippen LogP contribution >= 0.6 is 11.6 Å². The number of aromatic nitrogens is 2. The van der Waals surface area contributed by atoms with Gasteiger partial charge in [-0.15, -0.1) is 0 Å². The van der Waals surface area contributed by atoms with Crippen LogP contribution < -0.4 is 0 Å². The van der Waals surface area contributed by atoms with Gasteiger partial charge in [0.25, 0.3) is 0 Å². The lowest BCUT2D eigenvalue weighted by Crippen LogP contribution is -1.99. The van der Waals surface area contributed by atoms with E-state index in [4.69, 9.17) is 16.7 Å². The Morgan fingerprint density at radius 1 is 1.57 bits per heavy atom. The summed E-state index contributed by atoms with van der Waals surface area (Å²) in [6, 6.07) is 2.19. The molecule has 1 heterocycles. The molecule has 0 saturated heterocycles. The number of nitrogens with zero attached hydrogens (tertiary/aromatic N) is 1. The van der Waals surface area contributed by atoms with E-state index in [1.54, 1.807) is 0 Å². The van der Waals surface area contributed by atoms with Crippen LogP contribution in [0.2, 0.25) is 5.28 Å². The third-order valence-electron chi connectivity index (χ3n) is 1.77. The lowest BCUT2D eigenvalue weighted by Gasteiger charge is -1.95. The summed E-state index contributed by atoms with van der Waals surface area (Å²) in [5.41, 5.74) is 0.284. The van der Waals surface area contributed by atoms with E-state index in [-0.39, 0.29) is 5.28 Å². The fourth-order valence-corrected chi connectivity index (χ4v) is 1.36. The molecule has 2 aromatic rings. The minimum atomic E-state index is -1.33. The van der Waals surface area contributed by atoms with Crippen molar-refractivity contribution in [2.24, 2.45) is 0 Å². The van der Waals surface area contributed by atoms with Crippen molar-refractivity contribution in [2.45, 2.75) is 0 Å². The zero-order chi connectivity index (χ0) is 10.3. The Bertz CT molecular complexity index is 523. The van der Waals surface area contributed by atoms with E-state index in [1.165, 1.54) is 0 Å². The number of aromatic amines is 1. The highest BCUT2D eigenvalue weighted by Crippen LogP contribution is 2.19. The number of imidazole rings is 1. The number of hydrogen-bond acceptors (Lipinski definition) is 2. The molecule has 0 fully saturated rings. The molecular weight excluding hydrogens is 211 g/mol. The zero-order valence-electron chi connectivity index (χ0n) is 6.71. The van der Waals surface area contributed by atoms with Crippen molar-refractivity contribution in [3.63, 3.8) is 0 Å². The minimum absolute atomic E-state index is 0.0990. The van der Waals surface area contributed by atoms with E-state index in [2.05, 4.69) is 9.97 Å². The van der Waals surface area contributed by atoms with Crippen LogP contribution in [0, 0.1) is 5.82 Å². The van der Waals surface area contributed by atoms with Gasteiger partial charge in [-0.25, -0.2) is 14.2 Å². The highest BCUT2D eigenvalue weighted by atomic mass is 35.5. The van der Waals surface area contributed by atoms with E-state index >= 15 is 0 Å². The minimum Gasteiger partial charge on any atom is -0.478 e. The maximum Gasteiger partial charge on any atom is 0.338 e. The predicted molar refractivity (Wildman–Crippen MR) is 48.0 cm³/mol. The van der Waals surface area contributed by atoms with Crippen molar-refractivity contribution in [3.8, 4) is 0 Å². The van der Waals surface area contributed by atoms with Gasteiger partial charge in [-0.05, 0) is 17.7 Å². The second-order valence-corrected chi connectivity index (χ2v) is 3.04. The molecule has 0 amide bonds. The first-order chi connectivity index (χ1) is 6.58. The topological polar surface area (TPSA) is 66.0 Å². The number of carbonyl (C=O) groups is 1. The molecule has 1 aromatic heterocycles. The van der Waals surface area contributed by atoms with Crippen LogP contribution in [0.4, 0.5) is 4.39 Å². The second kappa shape index (κ2) is 2.95. The number of fused-ring (bicyclic) bond motifs is 1. The highest BCUT2D eigenvalue weighted by molar-refractivity contribution is 6.29. The Morgan fingerprint density at radius 3 is 2.93 bits per heavy atom. The SMILES string of the molecule is O=C(O)c1cc2nc(Cl)[nH]c2cc1F. The van der Waals surface area contributed by atoms with Crippen LogP contribution in [0.1, 0.15) is 10.4 Å². The number of hydrogen-bond donors (Lipinski definition) is 2. The molecule has 0 unspecified atom stereocenters. The van der Waals surface area contributed by atoms with Gasteiger partial charge in [0.05, 0.1) is 16.6 Å². The number of halogens is 2. The smallest absolute Gasteiger partial charge is 0.338 e. The number of H-pyrrole nitrogens is 1. The van der Waals surface area contributed by atoms with Crippen LogP contribution in [-0.4, -0.2) is 21.0 Å². The maximum atomic E-state index is 13.1. The Labute approximate surface area is 82.3 Å². The van der Waals surface area contributed by atoms with Gasteiger partial charge in [-0.1, -0.05) is 0 Å². The van der Waals surface area contributed by atoms with E-state index in [0.29, 0.717) is 11.0 Å². The fraction of sp³-hybridized carbons (Fsp3) is 0. The van der Waals surface area contributed by atoms with Crippen LogP contribution in [0.15, 0.2) is 12.1 Å². The summed E-state index contributed by atoms with van der Waals surface area (Å²) < 4.78 is 13.1. The summed E-state index contributed by atoms with van der Waals surface area (Å²) in [4.78, 5) is 16.9. The van der Waals surface area contributed by atoms with Gasteiger partial charge in [0, 0.05) is 6.07 Å². The fourth-order valence-electron chi connectivity index (χ4n) is 1.16. The first kappa shape index (κ1) is 8.96. The van der Waals surface area contributed by atoms with Crippen LogP contribution in [0.3, 0.4) is 0 Å². The molecule has 0 radical (unpaired) electrons. The number of carboxylic acid groups (broad SMARTS) is 1. The first-order valence-electron chi connectivity index (χ1n) is 3.66. The number of aromatic carboxylic acids is 1. The molecule has 1 aromatic carbocycles. The first-order valence-corrected chi connectivity index (χ1v) is 4.04. The second-order valence-electron chi connectivity index (χ2n) is 2.68. The molecule has 0 bridgehead atoms. The molecular formula is C8H4ClFN2O2. The molecule has 0 aliphatic heterocycles. The number of benzene rings is 1. The molecule has 6 heteroatoms. The predicted octanol–water partition coefficient (Wildman–Crippen LogP) is 2.05. The molecule has 2 rings (SSSR count).